The summed E-state index contributed by atoms with van der Waals surface area (Å²) >= 11 is 0. The lowest BCUT2D eigenvalue weighted by Gasteiger charge is -2.48. The Morgan fingerprint density at radius 2 is 1.63 bits per heavy atom. The monoisotopic (exact) mass is 374 g/mol. The Morgan fingerprint density at radius 1 is 1.04 bits per heavy atom. The third kappa shape index (κ3) is 4.78. The maximum absolute atomic E-state index is 12.7. The molecule has 2 fully saturated rings. The fourth-order valence-electron chi connectivity index (χ4n) is 3.56. The Hall–Kier alpha value is -2.57. The van der Waals surface area contributed by atoms with E-state index in [1.165, 1.54) is 0 Å². The van der Waals surface area contributed by atoms with Gasteiger partial charge in [0.05, 0.1) is 12.1 Å². The minimum atomic E-state index is -0.590. The molecule has 2 saturated heterocycles. The van der Waals surface area contributed by atoms with Gasteiger partial charge in [-0.1, -0.05) is 30.3 Å². The number of hydrogen-bond donors (Lipinski definition) is 0. The van der Waals surface area contributed by atoms with Crippen LogP contribution in [0.3, 0.4) is 0 Å². The molecule has 0 radical (unpaired) electrons. The molecule has 2 unspecified atom stereocenters. The van der Waals surface area contributed by atoms with E-state index in [2.05, 4.69) is 0 Å². The molecule has 0 N–H and O–H groups in total. The van der Waals surface area contributed by atoms with Crippen LogP contribution < -0.4 is 0 Å². The van der Waals surface area contributed by atoms with Gasteiger partial charge in [-0.05, 0) is 26.3 Å². The Morgan fingerprint density at radius 3 is 2.19 bits per heavy atom. The number of nitrogens with zero attached hydrogens (tertiary/aromatic N) is 2. The number of rotatable bonds is 2. The van der Waals surface area contributed by atoms with Gasteiger partial charge in [-0.3, -0.25) is 9.69 Å². The molecule has 7 heteroatoms. The predicted molar refractivity (Wildman–Crippen MR) is 98.1 cm³/mol. The molecule has 2 aliphatic rings. The third-order valence-electron chi connectivity index (χ3n) is 4.64. The number of amides is 2. The SMILES string of the molecule is CC(C)(C)OC(=O)N1CC2CC(=O)CC(C1)N2C(=O)OCc1ccccc1. The Balaban J connectivity index is 1.66. The lowest BCUT2D eigenvalue weighted by Crippen LogP contribution is -2.65. The highest BCUT2D eigenvalue weighted by molar-refractivity contribution is 5.84. The van der Waals surface area contributed by atoms with Crippen LogP contribution in [-0.2, 0) is 20.9 Å². The number of ether oxygens (including phenoxy) is 2. The molecule has 2 bridgehead atoms. The minimum Gasteiger partial charge on any atom is -0.445 e. The van der Waals surface area contributed by atoms with Crippen molar-refractivity contribution in [1.82, 2.24) is 9.80 Å². The topological polar surface area (TPSA) is 76.2 Å². The van der Waals surface area contributed by atoms with Crippen LogP contribution in [0.2, 0.25) is 0 Å². The zero-order chi connectivity index (χ0) is 19.6. The molecule has 2 aliphatic heterocycles. The summed E-state index contributed by atoms with van der Waals surface area (Å²) in [7, 11) is 0. The van der Waals surface area contributed by atoms with Crippen LogP contribution in [0.1, 0.15) is 39.2 Å². The van der Waals surface area contributed by atoms with Crippen molar-refractivity contribution in [1.29, 1.82) is 0 Å². The molecule has 0 saturated carbocycles. The Bertz CT molecular complexity index is 695. The van der Waals surface area contributed by atoms with E-state index in [1.807, 2.05) is 51.1 Å². The van der Waals surface area contributed by atoms with E-state index in [4.69, 9.17) is 9.47 Å². The maximum atomic E-state index is 12.7. The highest BCUT2D eigenvalue weighted by Gasteiger charge is 2.45. The van der Waals surface area contributed by atoms with Gasteiger partial charge in [0.25, 0.3) is 0 Å². The molecule has 146 valence electrons. The number of fused-ring (bicyclic) bond motifs is 2. The summed E-state index contributed by atoms with van der Waals surface area (Å²) < 4.78 is 10.9. The molecule has 2 heterocycles. The standard InChI is InChI=1S/C20H26N2O5/c1-20(2,3)27-18(24)21-11-15-9-17(23)10-16(12-21)22(15)19(25)26-13-14-7-5-4-6-8-14/h4-8,15-16H,9-13H2,1-3H3. The van der Waals surface area contributed by atoms with Gasteiger partial charge in [0.1, 0.15) is 18.0 Å². The smallest absolute Gasteiger partial charge is 0.410 e. The number of ketones is 1. The quantitative estimate of drug-likeness (QED) is 0.795. The van der Waals surface area contributed by atoms with Gasteiger partial charge < -0.3 is 14.4 Å². The van der Waals surface area contributed by atoms with Gasteiger partial charge in [0.2, 0.25) is 0 Å². The largest absolute Gasteiger partial charge is 0.445 e. The van der Waals surface area contributed by atoms with E-state index < -0.39 is 17.8 Å². The van der Waals surface area contributed by atoms with Crippen molar-refractivity contribution in [3.8, 4) is 0 Å². The number of piperazine rings is 1. The van der Waals surface area contributed by atoms with E-state index in [0.717, 1.165) is 5.56 Å². The van der Waals surface area contributed by atoms with Crippen molar-refractivity contribution in [3.05, 3.63) is 35.9 Å². The Labute approximate surface area is 159 Å². The summed E-state index contributed by atoms with van der Waals surface area (Å²) in [4.78, 5) is 40.3. The van der Waals surface area contributed by atoms with Gasteiger partial charge in [0, 0.05) is 25.9 Å². The molecule has 27 heavy (non-hydrogen) atoms. The molecule has 0 aromatic heterocycles. The fourth-order valence-corrected chi connectivity index (χ4v) is 3.56. The summed E-state index contributed by atoms with van der Waals surface area (Å²) in [5.74, 6) is 0.112. The first kappa shape index (κ1) is 19.2. The number of carbonyl (C=O) groups excluding carboxylic acids is 3. The zero-order valence-electron chi connectivity index (χ0n) is 16.0. The number of carbonyl (C=O) groups is 3. The van der Waals surface area contributed by atoms with Crippen molar-refractivity contribution in [2.24, 2.45) is 0 Å². The number of hydrogen-bond acceptors (Lipinski definition) is 5. The normalized spacial score (nSPS) is 22.4. The van der Waals surface area contributed by atoms with Crippen LogP contribution in [0.4, 0.5) is 9.59 Å². The molecule has 3 rings (SSSR count). The zero-order valence-corrected chi connectivity index (χ0v) is 16.0. The number of benzene rings is 1. The maximum Gasteiger partial charge on any atom is 0.410 e. The van der Waals surface area contributed by atoms with E-state index in [1.54, 1.807) is 9.80 Å². The molecule has 0 aliphatic carbocycles. The molecule has 1 aromatic rings. The second-order valence-electron chi connectivity index (χ2n) is 8.09. The second kappa shape index (κ2) is 7.58. The van der Waals surface area contributed by atoms with Crippen LogP contribution in [-0.4, -0.2) is 58.5 Å². The average Bonchev–Trinajstić information content (AvgIpc) is 2.57. The van der Waals surface area contributed by atoms with Crippen LogP contribution in [0.25, 0.3) is 0 Å². The highest BCUT2D eigenvalue weighted by Crippen LogP contribution is 2.29. The first-order valence-corrected chi connectivity index (χ1v) is 9.21. The summed E-state index contributed by atoms with van der Waals surface area (Å²) in [6.45, 7) is 6.17. The lowest BCUT2D eigenvalue weighted by atomic mass is 9.91. The van der Waals surface area contributed by atoms with Gasteiger partial charge in [-0.25, -0.2) is 9.59 Å². The second-order valence-corrected chi connectivity index (χ2v) is 8.09. The van der Waals surface area contributed by atoms with Gasteiger partial charge >= 0.3 is 12.2 Å². The van der Waals surface area contributed by atoms with Crippen molar-refractivity contribution in [2.45, 2.75) is 57.9 Å². The number of piperidine rings is 1. The average molecular weight is 374 g/mol. The van der Waals surface area contributed by atoms with Crippen LogP contribution in [0.15, 0.2) is 30.3 Å². The van der Waals surface area contributed by atoms with Gasteiger partial charge in [0.15, 0.2) is 0 Å². The minimum absolute atomic E-state index is 0.112. The third-order valence-corrected chi connectivity index (χ3v) is 4.64. The molecular weight excluding hydrogens is 348 g/mol. The summed E-state index contributed by atoms with van der Waals surface area (Å²) in [5.41, 5.74) is 0.313. The molecule has 0 spiro atoms. The number of likely N-dealkylation sites (tertiary alicyclic amines) is 1. The summed E-state index contributed by atoms with van der Waals surface area (Å²) in [6.07, 6.45) is -0.388. The van der Waals surface area contributed by atoms with Crippen LogP contribution >= 0.6 is 0 Å². The predicted octanol–water partition coefficient (Wildman–Crippen LogP) is 2.98. The van der Waals surface area contributed by atoms with E-state index in [-0.39, 0.29) is 50.4 Å². The summed E-state index contributed by atoms with van der Waals surface area (Å²) in [5, 5.41) is 0. The fraction of sp³-hybridized carbons (Fsp3) is 0.550. The van der Waals surface area contributed by atoms with E-state index in [0.29, 0.717) is 0 Å². The first-order valence-electron chi connectivity index (χ1n) is 9.21. The van der Waals surface area contributed by atoms with Gasteiger partial charge in [-0.2, -0.15) is 0 Å². The number of Topliss-reactive ketones (excluding diaryl/α,β-unsaturated/α-hetero) is 1. The first-order chi connectivity index (χ1) is 12.7. The summed E-state index contributed by atoms with van der Waals surface area (Å²) in [6, 6.07) is 8.70. The van der Waals surface area contributed by atoms with Crippen molar-refractivity contribution in [3.63, 3.8) is 0 Å². The highest BCUT2D eigenvalue weighted by atomic mass is 16.6. The molecule has 2 amide bonds. The van der Waals surface area contributed by atoms with E-state index in [9.17, 15) is 14.4 Å². The van der Waals surface area contributed by atoms with E-state index >= 15 is 0 Å². The molecule has 7 nitrogen and oxygen atoms in total. The van der Waals surface area contributed by atoms with Crippen LogP contribution in [0.5, 0.6) is 0 Å². The lowest BCUT2D eigenvalue weighted by molar-refractivity contribution is -0.127. The Kier molecular flexibility index (Phi) is 5.39. The van der Waals surface area contributed by atoms with Crippen LogP contribution in [0, 0.1) is 0 Å². The van der Waals surface area contributed by atoms with Crippen molar-refractivity contribution < 1.29 is 23.9 Å². The molecule has 1 aromatic carbocycles. The van der Waals surface area contributed by atoms with Gasteiger partial charge in [-0.15, -0.1) is 0 Å². The molecular formula is C20H26N2O5. The van der Waals surface area contributed by atoms with Crippen molar-refractivity contribution >= 4 is 18.0 Å². The molecule has 2 atom stereocenters. The van der Waals surface area contributed by atoms with Crippen molar-refractivity contribution in [2.75, 3.05) is 13.1 Å².